The molecule has 2 bridgehead atoms. The van der Waals surface area contributed by atoms with Crippen LogP contribution in [0.15, 0.2) is 48.5 Å². The van der Waals surface area contributed by atoms with Gasteiger partial charge in [0.1, 0.15) is 0 Å². The lowest BCUT2D eigenvalue weighted by Crippen LogP contribution is -2.35. The van der Waals surface area contributed by atoms with Gasteiger partial charge < -0.3 is 28.4 Å². The van der Waals surface area contributed by atoms with Crippen molar-refractivity contribution in [1.29, 1.82) is 0 Å². The molecular formula is C30H44N2O6. The highest BCUT2D eigenvalue weighted by atomic mass is 16.5. The quantitative estimate of drug-likeness (QED) is 0.484. The van der Waals surface area contributed by atoms with Crippen molar-refractivity contribution in [3.8, 4) is 0 Å². The van der Waals surface area contributed by atoms with Gasteiger partial charge in [-0.2, -0.15) is 0 Å². The average molecular weight is 529 g/mol. The van der Waals surface area contributed by atoms with Crippen molar-refractivity contribution >= 4 is 0 Å². The molecule has 2 aromatic carbocycles. The third-order valence-corrected chi connectivity index (χ3v) is 6.95. The van der Waals surface area contributed by atoms with Gasteiger partial charge in [-0.3, -0.25) is 9.80 Å². The van der Waals surface area contributed by atoms with E-state index in [2.05, 4.69) is 58.3 Å². The van der Waals surface area contributed by atoms with Crippen LogP contribution in [0.1, 0.15) is 22.3 Å². The van der Waals surface area contributed by atoms with Crippen molar-refractivity contribution in [2.75, 3.05) is 92.1 Å². The summed E-state index contributed by atoms with van der Waals surface area (Å²) in [5, 5.41) is 0. The van der Waals surface area contributed by atoms with Gasteiger partial charge in [-0.25, -0.2) is 0 Å². The molecule has 0 aliphatic carbocycles. The summed E-state index contributed by atoms with van der Waals surface area (Å²) in [6, 6.07) is 16.8. The Morgan fingerprint density at radius 2 is 0.605 bits per heavy atom. The number of hydrogen-bond acceptors (Lipinski definition) is 8. The summed E-state index contributed by atoms with van der Waals surface area (Å²) in [5.74, 6) is 0. The fourth-order valence-electron chi connectivity index (χ4n) is 4.56. The Morgan fingerprint density at radius 3 is 0.895 bits per heavy atom. The normalized spacial score (nSPS) is 24.4. The van der Waals surface area contributed by atoms with Crippen molar-refractivity contribution in [2.45, 2.75) is 26.4 Å². The molecule has 2 aromatic rings. The Kier molecular flexibility index (Phi) is 13.5. The second-order valence-electron chi connectivity index (χ2n) is 9.66. The van der Waals surface area contributed by atoms with Crippen LogP contribution in [0.5, 0.6) is 0 Å². The molecule has 2 aliphatic heterocycles. The van der Waals surface area contributed by atoms with Gasteiger partial charge in [0.05, 0.1) is 79.3 Å². The summed E-state index contributed by atoms with van der Waals surface area (Å²) in [6.45, 7) is 12.4. The lowest BCUT2D eigenvalue weighted by Gasteiger charge is -2.24. The number of nitrogens with zero attached hydrogens (tertiary/aromatic N) is 2. The summed E-state index contributed by atoms with van der Waals surface area (Å²) >= 11 is 0. The second-order valence-corrected chi connectivity index (χ2v) is 9.66. The van der Waals surface area contributed by atoms with Gasteiger partial charge in [0.2, 0.25) is 0 Å². The Balaban J connectivity index is 1.45. The van der Waals surface area contributed by atoms with Crippen molar-refractivity contribution in [2.24, 2.45) is 0 Å². The molecule has 4 rings (SSSR count). The van der Waals surface area contributed by atoms with Gasteiger partial charge in [0.15, 0.2) is 0 Å². The van der Waals surface area contributed by atoms with Gasteiger partial charge in [-0.1, -0.05) is 48.5 Å². The van der Waals surface area contributed by atoms with Crippen LogP contribution in [0, 0.1) is 0 Å². The summed E-state index contributed by atoms with van der Waals surface area (Å²) in [4.78, 5) is 4.69. The lowest BCUT2D eigenvalue weighted by molar-refractivity contribution is 0.0112. The maximum Gasteiger partial charge on any atom is 0.0721 e. The summed E-state index contributed by atoms with van der Waals surface area (Å²) in [5.41, 5.74) is 4.72. The first-order valence-corrected chi connectivity index (χ1v) is 13.9. The standard InChI is InChI=1S/C30H44N2O6/c1-2-6-28-24-36-18-12-32-10-16-34-22-21-33-15-9-31(11-17-35-23-27(28)5-1)13-19-37-25-29-7-3-4-8-30(29)26-38-20-14-32/h1-8H,9-26H2. The summed E-state index contributed by atoms with van der Waals surface area (Å²) < 4.78 is 36.1. The molecule has 0 saturated carbocycles. The van der Waals surface area contributed by atoms with E-state index in [1.54, 1.807) is 0 Å². The Bertz CT molecular complexity index is 778. The first-order valence-electron chi connectivity index (χ1n) is 13.9. The second kappa shape index (κ2) is 17.7. The SMILES string of the molecule is c1ccc2c(c1)COCCN1CCOCCOCCN(CCOC2)CCOCc2ccccc2COCC1. The van der Waals surface area contributed by atoms with Gasteiger partial charge in [-0.15, -0.1) is 0 Å². The van der Waals surface area contributed by atoms with Crippen LogP contribution in [0.4, 0.5) is 0 Å². The van der Waals surface area contributed by atoms with E-state index >= 15 is 0 Å². The zero-order chi connectivity index (χ0) is 26.1. The maximum atomic E-state index is 6.10. The number of hydrogen-bond donors (Lipinski definition) is 0. The van der Waals surface area contributed by atoms with E-state index in [1.165, 1.54) is 22.3 Å². The average Bonchev–Trinajstić information content (AvgIpc) is 2.94. The van der Waals surface area contributed by atoms with Crippen LogP contribution in [0.25, 0.3) is 0 Å². The zero-order valence-electron chi connectivity index (χ0n) is 22.7. The van der Waals surface area contributed by atoms with Crippen LogP contribution in [0.2, 0.25) is 0 Å². The fraction of sp³-hybridized carbons (Fsp3) is 0.600. The van der Waals surface area contributed by atoms with Gasteiger partial charge in [0, 0.05) is 39.3 Å². The van der Waals surface area contributed by atoms with Crippen molar-refractivity contribution in [1.82, 2.24) is 9.80 Å². The Labute approximate surface area is 227 Å². The number of benzene rings is 2. The van der Waals surface area contributed by atoms with Crippen LogP contribution >= 0.6 is 0 Å². The third-order valence-electron chi connectivity index (χ3n) is 6.95. The molecule has 8 heteroatoms. The highest BCUT2D eigenvalue weighted by Gasteiger charge is 2.11. The fourth-order valence-corrected chi connectivity index (χ4v) is 4.56. The van der Waals surface area contributed by atoms with Crippen molar-refractivity contribution in [3.63, 3.8) is 0 Å². The molecule has 0 unspecified atom stereocenters. The molecule has 0 amide bonds. The maximum absolute atomic E-state index is 6.10. The topological polar surface area (TPSA) is 61.9 Å². The van der Waals surface area contributed by atoms with Crippen LogP contribution in [-0.4, -0.2) is 102 Å². The highest BCUT2D eigenvalue weighted by molar-refractivity contribution is 5.26. The van der Waals surface area contributed by atoms with E-state index in [1.807, 2.05) is 0 Å². The van der Waals surface area contributed by atoms with Crippen LogP contribution in [-0.2, 0) is 54.8 Å². The first kappa shape index (κ1) is 29.1. The minimum atomic E-state index is 0.581. The molecule has 0 saturated heterocycles. The molecule has 38 heavy (non-hydrogen) atoms. The van der Waals surface area contributed by atoms with E-state index in [4.69, 9.17) is 28.4 Å². The molecule has 0 N–H and O–H groups in total. The summed E-state index contributed by atoms with van der Waals surface area (Å²) in [7, 11) is 0. The minimum absolute atomic E-state index is 0.581. The van der Waals surface area contributed by atoms with Gasteiger partial charge in [0.25, 0.3) is 0 Å². The lowest BCUT2D eigenvalue weighted by atomic mass is 10.1. The van der Waals surface area contributed by atoms with Crippen molar-refractivity contribution in [3.05, 3.63) is 70.8 Å². The van der Waals surface area contributed by atoms with Crippen LogP contribution < -0.4 is 0 Å². The Morgan fingerprint density at radius 1 is 0.342 bits per heavy atom. The van der Waals surface area contributed by atoms with E-state index in [9.17, 15) is 0 Å². The third kappa shape index (κ3) is 10.7. The molecule has 0 spiro atoms. The van der Waals surface area contributed by atoms with E-state index in [-0.39, 0.29) is 0 Å². The van der Waals surface area contributed by atoms with Crippen LogP contribution in [0.3, 0.4) is 0 Å². The molecule has 0 atom stereocenters. The molecular weight excluding hydrogens is 484 g/mol. The number of ether oxygens (including phenoxy) is 6. The molecule has 8 nitrogen and oxygen atoms in total. The molecule has 0 fully saturated rings. The molecule has 210 valence electrons. The highest BCUT2D eigenvalue weighted by Crippen LogP contribution is 2.13. The molecule has 0 aromatic heterocycles. The van der Waals surface area contributed by atoms with E-state index in [0.717, 1.165) is 39.3 Å². The predicted octanol–water partition coefficient (Wildman–Crippen LogP) is 3.12. The van der Waals surface area contributed by atoms with Gasteiger partial charge >= 0.3 is 0 Å². The predicted molar refractivity (Wildman–Crippen MR) is 146 cm³/mol. The Hall–Kier alpha value is -1.88. The molecule has 2 aliphatic rings. The summed E-state index contributed by atoms with van der Waals surface area (Å²) in [6.07, 6.45) is 0. The van der Waals surface area contributed by atoms with E-state index < -0.39 is 0 Å². The number of rotatable bonds is 0. The molecule has 2 heterocycles. The molecule has 0 radical (unpaired) electrons. The van der Waals surface area contributed by atoms with Crippen molar-refractivity contribution < 1.29 is 28.4 Å². The van der Waals surface area contributed by atoms with Gasteiger partial charge in [-0.05, 0) is 22.3 Å². The zero-order valence-corrected chi connectivity index (χ0v) is 22.7. The first-order chi connectivity index (χ1) is 18.9. The van der Waals surface area contributed by atoms with E-state index in [0.29, 0.717) is 79.3 Å². The number of fused-ring (bicyclic) bond motifs is 11. The largest absolute Gasteiger partial charge is 0.378 e. The monoisotopic (exact) mass is 528 g/mol. The smallest absolute Gasteiger partial charge is 0.0721 e. The minimum Gasteiger partial charge on any atom is -0.378 e.